The number of nitrogens with zero attached hydrogens (tertiary/aromatic N) is 1. The zero-order valence-electron chi connectivity index (χ0n) is 20.1. The van der Waals surface area contributed by atoms with E-state index in [1.54, 1.807) is 11.0 Å². The van der Waals surface area contributed by atoms with E-state index in [2.05, 4.69) is 6.58 Å². The molecule has 0 spiro atoms. The maximum atomic E-state index is 12.8. The molecule has 0 aliphatic carbocycles. The monoisotopic (exact) mass is 485 g/mol. The van der Waals surface area contributed by atoms with Gasteiger partial charge in [-0.05, 0) is 22.8 Å². The number of rotatable bonds is 10. The molecule has 2 heterocycles. The van der Waals surface area contributed by atoms with Gasteiger partial charge in [0.25, 0.3) is 0 Å². The largest absolute Gasteiger partial charge is 0.440 e. The normalized spacial score (nSPS) is 25.3. The van der Waals surface area contributed by atoms with Gasteiger partial charge in [-0.1, -0.05) is 97.6 Å². The van der Waals surface area contributed by atoms with Gasteiger partial charge in [0.15, 0.2) is 0 Å². The van der Waals surface area contributed by atoms with Crippen LogP contribution in [0.2, 0.25) is 0 Å². The highest BCUT2D eigenvalue weighted by Crippen LogP contribution is 2.35. The van der Waals surface area contributed by atoms with Gasteiger partial charge in [0.2, 0.25) is 0 Å². The van der Waals surface area contributed by atoms with Crippen LogP contribution in [0.1, 0.15) is 16.7 Å². The van der Waals surface area contributed by atoms with Crippen LogP contribution in [0.4, 0.5) is 4.79 Å². The lowest BCUT2D eigenvalue weighted by Gasteiger charge is -2.45. The minimum Gasteiger partial charge on any atom is -0.440 e. The van der Waals surface area contributed by atoms with E-state index in [9.17, 15) is 4.79 Å². The molecule has 6 heteroatoms. The molecule has 2 fully saturated rings. The summed E-state index contributed by atoms with van der Waals surface area (Å²) >= 11 is 0. The van der Waals surface area contributed by atoms with Crippen molar-refractivity contribution in [2.45, 2.75) is 50.3 Å². The van der Waals surface area contributed by atoms with E-state index in [4.69, 9.17) is 18.9 Å². The SMILES string of the molecule is C=C[C@H]1OC(=O)N2C[C@@H](OCc3ccccc3)[C@H](OCc3ccccc3)[C@@H](OCc3ccccc3)[C@H]12. The van der Waals surface area contributed by atoms with Crippen molar-refractivity contribution in [2.24, 2.45) is 0 Å². The summed E-state index contributed by atoms with van der Waals surface area (Å²) in [5, 5.41) is 0. The molecule has 3 aromatic rings. The molecule has 0 bridgehead atoms. The lowest BCUT2D eigenvalue weighted by Crippen LogP contribution is -2.63. The summed E-state index contributed by atoms with van der Waals surface area (Å²) in [6.07, 6.45) is -0.499. The minimum atomic E-state index is -0.490. The van der Waals surface area contributed by atoms with Gasteiger partial charge in [-0.25, -0.2) is 4.79 Å². The standard InChI is InChI=1S/C30H31NO5/c1-2-25-27-29(35-21-24-16-10-5-11-17-24)28(34-20-23-14-8-4-9-15-23)26(18-31(27)30(32)36-25)33-19-22-12-6-3-7-13-22/h2-17,25-29H,1,18-21H2/t25-,26-,27+,28+,29+/m1/s1. The predicted molar refractivity (Wildman–Crippen MR) is 136 cm³/mol. The smallest absolute Gasteiger partial charge is 0.411 e. The highest BCUT2D eigenvalue weighted by Gasteiger charge is 2.55. The fourth-order valence-electron chi connectivity index (χ4n) is 4.86. The average Bonchev–Trinajstić information content (AvgIpc) is 3.26. The number of cyclic esters (lactones) is 1. The third-order valence-corrected chi connectivity index (χ3v) is 6.68. The maximum absolute atomic E-state index is 12.8. The first kappa shape index (κ1) is 24.3. The Kier molecular flexibility index (Phi) is 7.76. The van der Waals surface area contributed by atoms with Gasteiger partial charge in [-0.2, -0.15) is 0 Å². The Morgan fingerprint density at radius 1 is 0.750 bits per heavy atom. The molecule has 0 unspecified atom stereocenters. The van der Waals surface area contributed by atoms with Crippen molar-refractivity contribution < 1.29 is 23.7 Å². The highest BCUT2D eigenvalue weighted by molar-refractivity contribution is 5.71. The van der Waals surface area contributed by atoms with Gasteiger partial charge in [0.05, 0.1) is 26.4 Å². The maximum Gasteiger partial charge on any atom is 0.411 e. The Morgan fingerprint density at radius 2 is 1.22 bits per heavy atom. The molecule has 0 saturated carbocycles. The topological polar surface area (TPSA) is 57.2 Å². The van der Waals surface area contributed by atoms with Crippen LogP contribution in [0.25, 0.3) is 0 Å². The van der Waals surface area contributed by atoms with Crippen molar-refractivity contribution in [3.8, 4) is 0 Å². The second-order valence-corrected chi connectivity index (χ2v) is 9.08. The van der Waals surface area contributed by atoms with E-state index in [-0.39, 0.29) is 12.1 Å². The van der Waals surface area contributed by atoms with Crippen molar-refractivity contribution in [2.75, 3.05) is 6.54 Å². The fraction of sp³-hybridized carbons (Fsp3) is 0.300. The van der Waals surface area contributed by atoms with E-state index in [0.29, 0.717) is 26.4 Å². The first-order valence-corrected chi connectivity index (χ1v) is 12.3. The van der Waals surface area contributed by atoms with Crippen LogP contribution in [0, 0.1) is 0 Å². The molecule has 5 rings (SSSR count). The molecule has 3 aromatic carbocycles. The Balaban J connectivity index is 1.42. The number of hydrogen-bond acceptors (Lipinski definition) is 5. The molecule has 2 saturated heterocycles. The van der Waals surface area contributed by atoms with Crippen molar-refractivity contribution in [1.82, 2.24) is 4.90 Å². The summed E-state index contributed by atoms with van der Waals surface area (Å²) in [5.74, 6) is 0. The van der Waals surface area contributed by atoms with Gasteiger partial charge in [-0.3, -0.25) is 4.90 Å². The second-order valence-electron chi connectivity index (χ2n) is 9.08. The summed E-state index contributed by atoms with van der Waals surface area (Å²) < 4.78 is 25.1. The molecule has 2 aliphatic rings. The van der Waals surface area contributed by atoms with Gasteiger partial charge >= 0.3 is 6.09 Å². The third kappa shape index (κ3) is 5.51. The Labute approximate surface area is 212 Å². The fourth-order valence-corrected chi connectivity index (χ4v) is 4.86. The van der Waals surface area contributed by atoms with Crippen LogP contribution in [-0.2, 0) is 38.8 Å². The number of carbonyl (C=O) groups is 1. The zero-order valence-corrected chi connectivity index (χ0v) is 20.1. The van der Waals surface area contributed by atoms with E-state index in [0.717, 1.165) is 16.7 Å². The van der Waals surface area contributed by atoms with E-state index in [1.807, 2.05) is 91.0 Å². The number of fused-ring (bicyclic) bond motifs is 1. The molecule has 186 valence electrons. The van der Waals surface area contributed by atoms with Crippen molar-refractivity contribution in [3.63, 3.8) is 0 Å². The third-order valence-electron chi connectivity index (χ3n) is 6.68. The molecule has 2 aliphatic heterocycles. The van der Waals surface area contributed by atoms with Gasteiger partial charge in [0, 0.05) is 0 Å². The molecular weight excluding hydrogens is 454 g/mol. The quantitative estimate of drug-likeness (QED) is 0.373. The Hall–Kier alpha value is -3.45. The molecule has 5 atom stereocenters. The number of hydrogen-bond donors (Lipinski definition) is 0. The van der Waals surface area contributed by atoms with Gasteiger partial charge in [-0.15, -0.1) is 0 Å². The molecule has 0 N–H and O–H groups in total. The van der Waals surface area contributed by atoms with Crippen LogP contribution in [0.3, 0.4) is 0 Å². The predicted octanol–water partition coefficient (Wildman–Crippen LogP) is 5.13. The second kappa shape index (κ2) is 11.5. The molecule has 6 nitrogen and oxygen atoms in total. The highest BCUT2D eigenvalue weighted by atomic mass is 16.6. The number of piperidine rings is 1. The van der Waals surface area contributed by atoms with E-state index in [1.165, 1.54) is 0 Å². The summed E-state index contributed by atoms with van der Waals surface area (Å²) in [6.45, 7) is 5.44. The van der Waals surface area contributed by atoms with Crippen LogP contribution < -0.4 is 0 Å². The summed E-state index contributed by atoms with van der Waals surface area (Å²) in [5.41, 5.74) is 3.15. The molecule has 0 aromatic heterocycles. The number of benzene rings is 3. The minimum absolute atomic E-state index is 0.351. The zero-order chi connectivity index (χ0) is 24.7. The number of amides is 1. The molecular formula is C30H31NO5. The first-order valence-electron chi connectivity index (χ1n) is 12.3. The van der Waals surface area contributed by atoms with E-state index >= 15 is 0 Å². The van der Waals surface area contributed by atoms with Crippen LogP contribution in [0.5, 0.6) is 0 Å². The van der Waals surface area contributed by atoms with Gasteiger partial charge < -0.3 is 18.9 Å². The van der Waals surface area contributed by atoms with Crippen molar-refractivity contribution >= 4 is 6.09 Å². The first-order chi connectivity index (χ1) is 17.7. The Bertz CT molecular complexity index is 1120. The van der Waals surface area contributed by atoms with Crippen LogP contribution in [-0.4, -0.2) is 48.0 Å². The van der Waals surface area contributed by atoms with Crippen LogP contribution in [0.15, 0.2) is 104 Å². The van der Waals surface area contributed by atoms with Gasteiger partial charge in [0.1, 0.15) is 30.5 Å². The van der Waals surface area contributed by atoms with Crippen molar-refractivity contribution in [1.29, 1.82) is 0 Å². The molecule has 36 heavy (non-hydrogen) atoms. The molecule has 1 amide bonds. The van der Waals surface area contributed by atoms with E-state index < -0.39 is 24.4 Å². The summed E-state index contributed by atoms with van der Waals surface area (Å²) in [4.78, 5) is 14.5. The van der Waals surface area contributed by atoms with Crippen LogP contribution >= 0.6 is 0 Å². The lowest BCUT2D eigenvalue weighted by molar-refractivity contribution is -0.193. The Morgan fingerprint density at radius 3 is 1.72 bits per heavy atom. The summed E-state index contributed by atoms with van der Waals surface area (Å²) in [6, 6.07) is 29.6. The summed E-state index contributed by atoms with van der Waals surface area (Å²) in [7, 11) is 0. The lowest BCUT2D eigenvalue weighted by atomic mass is 9.90. The molecule has 0 radical (unpaired) electrons. The number of ether oxygens (including phenoxy) is 4. The van der Waals surface area contributed by atoms with Crippen molar-refractivity contribution in [3.05, 3.63) is 120 Å². The number of carbonyl (C=O) groups excluding carboxylic acids is 1. The average molecular weight is 486 g/mol.